The number of rotatable bonds is 1. The van der Waals surface area contributed by atoms with Crippen molar-refractivity contribution in [2.24, 2.45) is 5.89 Å². The highest BCUT2D eigenvalue weighted by Gasteiger charge is 2.65. The number of carbonyl (C=O) groups excluding carboxylic acids is 1. The maximum absolute atomic E-state index is 13.3. The molecule has 1 spiro atoms. The molecule has 2 bridgehead atoms. The lowest BCUT2D eigenvalue weighted by molar-refractivity contribution is -0.138. The Morgan fingerprint density at radius 2 is 2.55 bits per heavy atom. The summed E-state index contributed by atoms with van der Waals surface area (Å²) in [6.45, 7) is -2.60. The van der Waals surface area contributed by atoms with Crippen molar-refractivity contribution in [1.29, 1.82) is 0 Å². The van der Waals surface area contributed by atoms with Gasteiger partial charge in [0.1, 0.15) is 0 Å². The Hall–Kier alpha value is -1.55. The number of Topliss-reactive ketones (excluding diaryl/α,β-unsaturated/α-hetero) is 1. The smallest absolute Gasteiger partial charge is 0.174 e. The molecule has 0 aromatic heterocycles. The second-order valence-electron chi connectivity index (χ2n) is 6.24. The second kappa shape index (κ2) is 4.05. The number of methoxy groups -OCH3 is 1. The van der Waals surface area contributed by atoms with E-state index in [9.17, 15) is 6.17 Å². The molecule has 2 heterocycles. The predicted molar refractivity (Wildman–Crippen MR) is 81.6 cm³/mol. The monoisotopic (exact) mass is 309 g/mol. The van der Waals surface area contributed by atoms with Crippen LogP contribution in [0.25, 0.3) is 0 Å². The van der Waals surface area contributed by atoms with Gasteiger partial charge in [0.15, 0.2) is 23.4 Å². The maximum atomic E-state index is 13.3. The zero-order valence-corrected chi connectivity index (χ0v) is 11.7. The van der Waals surface area contributed by atoms with Gasteiger partial charge in [-0.15, -0.1) is 0 Å². The Balaban J connectivity index is 1.82. The first-order valence-corrected chi connectivity index (χ1v) is 7.34. The van der Waals surface area contributed by atoms with Crippen LogP contribution in [0.15, 0.2) is 12.1 Å². The molecule has 1 aromatic rings. The lowest BCUT2D eigenvalue weighted by atomic mass is 9.52. The molecule has 2 aliphatic carbocycles. The van der Waals surface area contributed by atoms with E-state index in [1.54, 1.807) is 6.07 Å². The van der Waals surface area contributed by atoms with Crippen LogP contribution in [0.1, 0.15) is 44.0 Å². The fourth-order valence-electron chi connectivity index (χ4n) is 4.56. The fourth-order valence-corrected chi connectivity index (χ4v) is 4.56. The van der Waals surface area contributed by atoms with Crippen molar-refractivity contribution in [3.05, 3.63) is 23.3 Å². The molecule has 2 fully saturated rings. The molecule has 4 aliphatic rings. The number of ketones is 1. The molecule has 1 unspecified atom stereocenters. The zero-order chi connectivity index (χ0) is 23.7. The van der Waals surface area contributed by atoms with Gasteiger partial charge in [-0.3, -0.25) is 4.79 Å². The Morgan fingerprint density at radius 1 is 1.59 bits per heavy atom. The SMILES string of the molecule is [2H]C([2H])([2H])Oc1ccc2c3c1OC1([2H])C(=O)C([2H])([2H])C[C@@]4([2H])[C@@H](C2)N(C([2H])([2H])[2H])CC[C@]314. The van der Waals surface area contributed by atoms with Crippen LogP contribution in [-0.4, -0.2) is 43.4 Å². The summed E-state index contributed by atoms with van der Waals surface area (Å²) in [7, 11) is -2.84. The van der Waals surface area contributed by atoms with E-state index in [-0.39, 0.29) is 30.9 Å². The predicted octanol–water partition coefficient (Wildman–Crippen LogP) is 1.93. The topological polar surface area (TPSA) is 38.8 Å². The average Bonchev–Trinajstić information content (AvgIpc) is 2.87. The summed E-state index contributed by atoms with van der Waals surface area (Å²) in [5, 5.41) is 0. The van der Waals surface area contributed by atoms with Crippen LogP contribution in [0.5, 0.6) is 11.5 Å². The molecule has 4 nitrogen and oxygen atoms in total. The quantitative estimate of drug-likeness (QED) is 0.795. The molecule has 1 aromatic carbocycles. The molecule has 2 aliphatic heterocycles. The molecule has 0 N–H and O–H groups in total. The van der Waals surface area contributed by atoms with E-state index in [1.807, 2.05) is 0 Å². The van der Waals surface area contributed by atoms with Gasteiger partial charge in [-0.1, -0.05) is 6.07 Å². The zero-order valence-electron chi connectivity index (χ0n) is 21.7. The highest BCUT2D eigenvalue weighted by molar-refractivity contribution is 5.89. The van der Waals surface area contributed by atoms with Gasteiger partial charge in [0.25, 0.3) is 0 Å². The molecular weight excluding hydrogens is 278 g/mol. The third kappa shape index (κ3) is 1.27. The molecule has 5 rings (SSSR count). The average molecular weight is 309 g/mol. The van der Waals surface area contributed by atoms with Crippen molar-refractivity contribution in [3.63, 3.8) is 0 Å². The summed E-state index contributed by atoms with van der Waals surface area (Å²) in [6, 6.07) is 1.90. The molecule has 4 heteroatoms. The summed E-state index contributed by atoms with van der Waals surface area (Å²) < 4.78 is 92.3. The Labute approximate surface area is 144 Å². The fraction of sp³-hybridized carbons (Fsp3) is 0.611. The summed E-state index contributed by atoms with van der Waals surface area (Å²) in [4.78, 5) is 14.5. The maximum Gasteiger partial charge on any atom is 0.174 e. The van der Waals surface area contributed by atoms with Gasteiger partial charge in [-0.2, -0.15) is 0 Å². The number of likely N-dealkylation sites (N-methyl/N-ethyl adjacent to an activating group) is 1. The number of hydrogen-bond acceptors (Lipinski definition) is 4. The highest BCUT2D eigenvalue weighted by atomic mass is 16.5. The van der Waals surface area contributed by atoms with Crippen LogP contribution in [0.2, 0.25) is 0 Å². The Bertz CT molecular complexity index is 1040. The standard InChI is InChI=1S/C18H21NO3/c1-19-8-7-18-11-4-5-13(20)17(18)22-16-14(21-2)6-3-10(15(16)18)9-12(11)19/h3,6,11-12,17H,4-5,7-9H2,1-2H3/t11-,12+,17?,18-/m0/s1/i1D3,2D3,5D2,11D,17D. The number of piperidine rings is 1. The van der Waals surface area contributed by atoms with Crippen LogP contribution in [0.3, 0.4) is 0 Å². The molecule has 0 radical (unpaired) electrons. The number of likely N-dealkylation sites (tertiary alicyclic amines) is 1. The van der Waals surface area contributed by atoms with Crippen molar-refractivity contribution in [3.8, 4) is 11.5 Å². The van der Waals surface area contributed by atoms with Crippen LogP contribution in [-0.2, 0) is 16.6 Å². The van der Waals surface area contributed by atoms with Crippen LogP contribution in [0, 0.1) is 5.89 Å². The normalized spacial score (nSPS) is 55.3. The number of carbonyl (C=O) groups is 1. The van der Waals surface area contributed by atoms with Gasteiger partial charge in [0.05, 0.1) is 12.5 Å². The minimum Gasteiger partial charge on any atom is -0.493 e. The molecule has 4 atom stereocenters. The largest absolute Gasteiger partial charge is 0.493 e. The number of ether oxygens (including phenoxy) is 2. The van der Waals surface area contributed by atoms with Gasteiger partial charge in [-0.25, -0.2) is 0 Å². The van der Waals surface area contributed by atoms with E-state index in [0.29, 0.717) is 11.1 Å². The first-order valence-electron chi connectivity index (χ1n) is 12.3. The summed E-state index contributed by atoms with van der Waals surface area (Å²) in [5.74, 6) is -3.39. The van der Waals surface area contributed by atoms with Crippen molar-refractivity contribution < 1.29 is 28.0 Å². The van der Waals surface area contributed by atoms with Crippen molar-refractivity contribution in [2.45, 2.75) is 43.2 Å². The van der Waals surface area contributed by atoms with E-state index in [4.69, 9.17) is 21.8 Å². The lowest BCUT2D eigenvalue weighted by Gasteiger charge is -2.57. The van der Waals surface area contributed by atoms with Crippen LogP contribution in [0.4, 0.5) is 0 Å². The van der Waals surface area contributed by atoms with E-state index in [2.05, 4.69) is 0 Å². The Kier molecular flexibility index (Phi) is 1.20. The number of benzene rings is 1. The van der Waals surface area contributed by atoms with E-state index < -0.39 is 56.0 Å². The van der Waals surface area contributed by atoms with Gasteiger partial charge >= 0.3 is 0 Å². The van der Waals surface area contributed by atoms with Gasteiger partial charge in [0, 0.05) is 31.6 Å². The molecular formula is C18H21NO3. The minimum absolute atomic E-state index is 0.0503. The first kappa shape index (κ1) is 6.52. The lowest BCUT2D eigenvalue weighted by Crippen LogP contribution is -2.65. The van der Waals surface area contributed by atoms with Crippen LogP contribution >= 0.6 is 0 Å². The van der Waals surface area contributed by atoms with E-state index in [0.717, 1.165) is 0 Å². The first-order chi connectivity index (χ1) is 14.5. The third-order valence-electron chi connectivity index (χ3n) is 5.45. The summed E-state index contributed by atoms with van der Waals surface area (Å²) >= 11 is 0. The molecule has 1 saturated carbocycles. The molecule has 116 valence electrons. The molecule has 22 heavy (non-hydrogen) atoms. The minimum atomic E-state index is -2.84. The second-order valence-corrected chi connectivity index (χ2v) is 6.24. The summed E-state index contributed by atoms with van der Waals surface area (Å²) in [6.07, 6.45) is -5.80. The number of hydrogen-bond donors (Lipinski definition) is 0. The number of nitrogens with zero attached hydrogens (tertiary/aromatic N) is 1. The van der Waals surface area contributed by atoms with E-state index >= 15 is 0 Å². The third-order valence-corrected chi connectivity index (χ3v) is 5.45. The van der Waals surface area contributed by atoms with Gasteiger partial charge in [0.2, 0.25) is 0 Å². The Morgan fingerprint density at radius 3 is 3.41 bits per heavy atom. The van der Waals surface area contributed by atoms with Crippen LogP contribution < -0.4 is 9.47 Å². The van der Waals surface area contributed by atoms with Crippen molar-refractivity contribution in [1.82, 2.24) is 4.90 Å². The molecule has 0 amide bonds. The van der Waals surface area contributed by atoms with E-state index in [1.165, 1.54) is 11.0 Å². The van der Waals surface area contributed by atoms with Gasteiger partial charge in [-0.05, 0) is 50.3 Å². The highest BCUT2D eigenvalue weighted by Crippen LogP contribution is 2.62. The molecule has 1 saturated heterocycles. The van der Waals surface area contributed by atoms with Crippen molar-refractivity contribution in [2.75, 3.05) is 20.6 Å². The van der Waals surface area contributed by atoms with Gasteiger partial charge < -0.3 is 14.4 Å². The van der Waals surface area contributed by atoms with Crippen molar-refractivity contribution >= 4 is 5.78 Å². The summed E-state index contributed by atoms with van der Waals surface area (Å²) in [5.41, 5.74) is -0.815.